The van der Waals surface area contributed by atoms with E-state index in [0.29, 0.717) is 5.92 Å². The second-order valence-electron chi connectivity index (χ2n) is 5.53. The van der Waals surface area contributed by atoms with Crippen LogP contribution in [0.15, 0.2) is 29.6 Å². The lowest BCUT2D eigenvalue weighted by Crippen LogP contribution is -1.93. The molecule has 0 amide bonds. The lowest BCUT2D eigenvalue weighted by molar-refractivity contribution is 0.868. The highest BCUT2D eigenvalue weighted by Crippen LogP contribution is 2.32. The lowest BCUT2D eigenvalue weighted by Gasteiger charge is -2.10. The van der Waals surface area contributed by atoms with Gasteiger partial charge < -0.3 is 5.32 Å². The van der Waals surface area contributed by atoms with E-state index in [0.717, 1.165) is 27.6 Å². The number of rotatable bonds is 3. The van der Waals surface area contributed by atoms with E-state index in [1.165, 1.54) is 10.9 Å². The Morgan fingerprint density at radius 2 is 1.95 bits per heavy atom. The summed E-state index contributed by atoms with van der Waals surface area (Å²) in [7, 11) is 1.90. The third kappa shape index (κ3) is 2.63. The van der Waals surface area contributed by atoms with E-state index < -0.39 is 0 Å². The molecular formula is C17H19N3S. The summed E-state index contributed by atoms with van der Waals surface area (Å²) >= 11 is 1.63. The molecule has 0 bridgehead atoms. The maximum atomic E-state index is 4.65. The molecule has 0 radical (unpaired) electrons. The quantitative estimate of drug-likeness (QED) is 0.752. The van der Waals surface area contributed by atoms with Gasteiger partial charge in [0.15, 0.2) is 5.13 Å². The van der Waals surface area contributed by atoms with Crippen molar-refractivity contribution in [1.82, 2.24) is 9.97 Å². The van der Waals surface area contributed by atoms with Crippen molar-refractivity contribution in [2.24, 2.45) is 0 Å². The summed E-state index contributed by atoms with van der Waals surface area (Å²) in [6, 6.07) is 8.66. The summed E-state index contributed by atoms with van der Waals surface area (Å²) in [6.07, 6.45) is 0. The lowest BCUT2D eigenvalue weighted by atomic mass is 9.98. The van der Waals surface area contributed by atoms with Gasteiger partial charge in [0.05, 0.1) is 11.2 Å². The maximum absolute atomic E-state index is 4.65. The van der Waals surface area contributed by atoms with Gasteiger partial charge in [0.25, 0.3) is 0 Å². The van der Waals surface area contributed by atoms with E-state index in [1.54, 1.807) is 11.3 Å². The highest BCUT2D eigenvalue weighted by atomic mass is 32.1. The van der Waals surface area contributed by atoms with Crippen LogP contribution in [0.1, 0.15) is 31.0 Å². The molecule has 3 rings (SSSR count). The van der Waals surface area contributed by atoms with Crippen molar-refractivity contribution >= 4 is 27.4 Å². The number of aryl methyl sites for hydroxylation is 1. The fourth-order valence-corrected chi connectivity index (χ4v) is 3.13. The fourth-order valence-electron chi connectivity index (χ4n) is 2.46. The molecular weight excluding hydrogens is 278 g/mol. The monoisotopic (exact) mass is 297 g/mol. The van der Waals surface area contributed by atoms with Gasteiger partial charge in [0.2, 0.25) is 0 Å². The Balaban J connectivity index is 2.26. The third-order valence-electron chi connectivity index (χ3n) is 3.62. The molecule has 21 heavy (non-hydrogen) atoms. The van der Waals surface area contributed by atoms with E-state index in [9.17, 15) is 0 Å². The number of benzene rings is 1. The Labute approximate surface area is 129 Å². The van der Waals surface area contributed by atoms with Gasteiger partial charge in [0, 0.05) is 29.1 Å². The van der Waals surface area contributed by atoms with Crippen LogP contribution in [0.2, 0.25) is 0 Å². The standard InChI is InChI=1S/C17H19N3S/c1-10(2)12-5-6-15-14(8-12)13(7-11(3)19-15)16-9-21-17(18-4)20-16/h5-10H,1-4H3,(H,18,20). The normalized spacial score (nSPS) is 11.3. The largest absolute Gasteiger partial charge is 0.365 e. The number of pyridine rings is 1. The molecule has 0 aliphatic heterocycles. The summed E-state index contributed by atoms with van der Waals surface area (Å²) in [6.45, 7) is 6.46. The molecule has 1 N–H and O–H groups in total. The smallest absolute Gasteiger partial charge is 0.182 e. The van der Waals surface area contributed by atoms with Gasteiger partial charge >= 0.3 is 0 Å². The molecule has 4 heteroatoms. The van der Waals surface area contributed by atoms with E-state index in [4.69, 9.17) is 0 Å². The molecule has 0 saturated carbocycles. The number of fused-ring (bicyclic) bond motifs is 1. The van der Waals surface area contributed by atoms with Crippen LogP contribution in [0.5, 0.6) is 0 Å². The number of anilines is 1. The number of nitrogens with one attached hydrogen (secondary N) is 1. The van der Waals surface area contributed by atoms with Crippen molar-refractivity contribution < 1.29 is 0 Å². The maximum Gasteiger partial charge on any atom is 0.182 e. The van der Waals surface area contributed by atoms with Gasteiger partial charge in [0.1, 0.15) is 0 Å². The summed E-state index contributed by atoms with van der Waals surface area (Å²) in [4.78, 5) is 9.29. The van der Waals surface area contributed by atoms with E-state index >= 15 is 0 Å². The van der Waals surface area contributed by atoms with Crippen LogP contribution in [0.25, 0.3) is 22.2 Å². The first-order valence-electron chi connectivity index (χ1n) is 7.13. The average molecular weight is 297 g/mol. The minimum atomic E-state index is 0.506. The van der Waals surface area contributed by atoms with Crippen LogP contribution in [0, 0.1) is 6.92 Å². The number of thiazole rings is 1. The van der Waals surface area contributed by atoms with Crippen molar-refractivity contribution in [3.05, 3.63) is 40.9 Å². The van der Waals surface area contributed by atoms with Gasteiger partial charge in [-0.25, -0.2) is 4.98 Å². The molecule has 3 aromatic rings. The average Bonchev–Trinajstić information content (AvgIpc) is 2.94. The number of aromatic nitrogens is 2. The molecule has 2 aromatic heterocycles. The molecule has 0 saturated heterocycles. The van der Waals surface area contributed by atoms with E-state index in [2.05, 4.69) is 58.8 Å². The summed E-state index contributed by atoms with van der Waals surface area (Å²) in [5, 5.41) is 7.32. The predicted molar refractivity (Wildman–Crippen MR) is 91.2 cm³/mol. The van der Waals surface area contributed by atoms with Crippen molar-refractivity contribution in [2.45, 2.75) is 26.7 Å². The molecule has 3 nitrogen and oxygen atoms in total. The second kappa shape index (κ2) is 5.45. The first-order valence-corrected chi connectivity index (χ1v) is 8.01. The van der Waals surface area contributed by atoms with Gasteiger partial charge in [-0.15, -0.1) is 11.3 Å². The molecule has 2 heterocycles. The molecule has 0 spiro atoms. The zero-order valence-electron chi connectivity index (χ0n) is 12.8. The van der Waals surface area contributed by atoms with Gasteiger partial charge in [-0.05, 0) is 36.6 Å². The fraction of sp³-hybridized carbons (Fsp3) is 0.294. The highest BCUT2D eigenvalue weighted by Gasteiger charge is 2.11. The number of nitrogens with zero attached hydrogens (tertiary/aromatic N) is 2. The number of hydrogen-bond donors (Lipinski definition) is 1. The molecule has 0 fully saturated rings. The van der Waals surface area contributed by atoms with Crippen LogP contribution in [-0.4, -0.2) is 17.0 Å². The van der Waals surface area contributed by atoms with Crippen LogP contribution in [0.4, 0.5) is 5.13 Å². The van der Waals surface area contributed by atoms with E-state index in [1.807, 2.05) is 14.0 Å². The summed E-state index contributed by atoms with van der Waals surface area (Å²) < 4.78 is 0. The summed E-state index contributed by atoms with van der Waals surface area (Å²) in [5.74, 6) is 0.506. The highest BCUT2D eigenvalue weighted by molar-refractivity contribution is 7.14. The molecule has 0 aliphatic carbocycles. The minimum Gasteiger partial charge on any atom is -0.365 e. The van der Waals surface area contributed by atoms with Crippen LogP contribution >= 0.6 is 11.3 Å². The SMILES string of the molecule is CNc1nc(-c2cc(C)nc3ccc(C(C)C)cc23)cs1. The third-order valence-corrected chi connectivity index (χ3v) is 4.48. The molecule has 1 aromatic carbocycles. The topological polar surface area (TPSA) is 37.8 Å². The van der Waals surface area contributed by atoms with Crippen LogP contribution in [0.3, 0.4) is 0 Å². The second-order valence-corrected chi connectivity index (χ2v) is 6.39. The molecule has 108 valence electrons. The first-order chi connectivity index (χ1) is 10.1. The Morgan fingerprint density at radius 3 is 2.62 bits per heavy atom. The van der Waals surface area contributed by atoms with Crippen molar-refractivity contribution in [3.63, 3.8) is 0 Å². The van der Waals surface area contributed by atoms with E-state index in [-0.39, 0.29) is 0 Å². The van der Waals surface area contributed by atoms with Gasteiger partial charge in [-0.3, -0.25) is 4.98 Å². The zero-order valence-corrected chi connectivity index (χ0v) is 13.6. The van der Waals surface area contributed by atoms with Crippen molar-refractivity contribution in [2.75, 3.05) is 12.4 Å². The first kappa shape index (κ1) is 14.0. The minimum absolute atomic E-state index is 0.506. The molecule has 0 unspecified atom stereocenters. The molecule has 0 atom stereocenters. The van der Waals surface area contributed by atoms with Gasteiger partial charge in [-0.1, -0.05) is 19.9 Å². The summed E-state index contributed by atoms with van der Waals surface area (Å²) in [5.41, 5.74) is 5.57. The predicted octanol–water partition coefficient (Wildman–Crippen LogP) is 4.83. The molecule has 0 aliphatic rings. The zero-order chi connectivity index (χ0) is 15.0. The Bertz CT molecular complexity index is 790. The van der Waals surface area contributed by atoms with Crippen molar-refractivity contribution in [3.8, 4) is 11.3 Å². The van der Waals surface area contributed by atoms with Crippen molar-refractivity contribution in [1.29, 1.82) is 0 Å². The Hall–Kier alpha value is -1.94. The van der Waals surface area contributed by atoms with Crippen LogP contribution < -0.4 is 5.32 Å². The Morgan fingerprint density at radius 1 is 1.14 bits per heavy atom. The van der Waals surface area contributed by atoms with Crippen LogP contribution in [-0.2, 0) is 0 Å². The Kier molecular flexibility index (Phi) is 3.64. The number of hydrogen-bond acceptors (Lipinski definition) is 4. The van der Waals surface area contributed by atoms with Gasteiger partial charge in [-0.2, -0.15) is 0 Å².